The number of likely N-dealkylation sites (N-methyl/N-ethyl adjacent to an activating group) is 1. The molecule has 19 nitrogen and oxygen atoms in total. The van der Waals surface area contributed by atoms with Gasteiger partial charge in [0, 0.05) is 75.4 Å². The van der Waals surface area contributed by atoms with Gasteiger partial charge in [0.25, 0.3) is 23.3 Å². The number of ether oxygens (including phenoxy) is 2. The fourth-order valence-corrected chi connectivity index (χ4v) is 7.82. The lowest BCUT2D eigenvalue weighted by Gasteiger charge is -2.31. The summed E-state index contributed by atoms with van der Waals surface area (Å²) in [4.78, 5) is 100. The second-order valence-corrected chi connectivity index (χ2v) is 15.2. The zero-order chi connectivity index (χ0) is 43.4. The molecule has 320 valence electrons. The monoisotopic (exact) mass is 856 g/mol. The molecule has 61 heavy (non-hydrogen) atoms. The molecule has 1 unspecified atom stereocenters. The van der Waals surface area contributed by atoms with Crippen molar-refractivity contribution in [3.05, 3.63) is 69.1 Å². The van der Waals surface area contributed by atoms with Crippen LogP contribution in [0.25, 0.3) is 10.9 Å². The maximum Gasteiger partial charge on any atom is 0.293 e. The molecule has 3 aliphatic heterocycles. The van der Waals surface area contributed by atoms with Crippen molar-refractivity contribution in [1.82, 2.24) is 35.4 Å². The summed E-state index contributed by atoms with van der Waals surface area (Å²) in [5, 5.41) is 15.0. The van der Waals surface area contributed by atoms with E-state index in [0.717, 1.165) is 4.90 Å². The van der Waals surface area contributed by atoms with Crippen molar-refractivity contribution in [3.8, 4) is 11.5 Å². The molecule has 2 aromatic carbocycles. The number of methoxy groups -OCH3 is 1. The van der Waals surface area contributed by atoms with Gasteiger partial charge in [0.1, 0.15) is 16.8 Å². The third kappa shape index (κ3) is 8.91. The van der Waals surface area contributed by atoms with Gasteiger partial charge in [0.05, 0.1) is 30.0 Å². The predicted molar refractivity (Wildman–Crippen MR) is 224 cm³/mol. The molecule has 2 fully saturated rings. The minimum Gasteiger partial charge on any atom is -0.494 e. The molecule has 20 heteroatoms. The normalized spacial score (nSPS) is 16.6. The third-order valence-corrected chi connectivity index (χ3v) is 11.2. The standard InChI is InChI=1S/C41H45ClN10O9/c1-43-32(54)21-61-30-18-23-17-24(19-29(60-3)34(23)50(2)39(30)58)47-35-26(42)20-46-41(49-35)51-15-11-22(12-16-51)36(55)45-14-5-4-13-44-27-8-6-7-25-33(27)40(59)52(38(25)57)28-9-10-31(53)48-37(28)56/h6-8,17-20,22,28,44H,4-5,9-16,21H2,1-3H3,(H,43,54)(H,45,55)(H,46,47,49)(H,48,53,56). The Balaban J connectivity index is 0.891. The molecule has 0 saturated carbocycles. The van der Waals surface area contributed by atoms with E-state index in [1.807, 2.05) is 4.90 Å². The molecule has 2 saturated heterocycles. The first-order chi connectivity index (χ1) is 29.4. The molecule has 1 atom stereocenters. The number of pyridine rings is 1. The average Bonchev–Trinajstić information content (AvgIpc) is 3.51. The number of hydrogen-bond acceptors (Lipinski definition) is 14. The van der Waals surface area contributed by atoms with E-state index in [4.69, 9.17) is 26.1 Å². The Kier molecular flexibility index (Phi) is 12.7. The number of carbonyl (C=O) groups is 6. The molecule has 6 amide bonds. The summed E-state index contributed by atoms with van der Waals surface area (Å²) in [6.45, 7) is 1.71. The Morgan fingerprint density at radius 1 is 0.984 bits per heavy atom. The minimum absolute atomic E-state index is 0.0000607. The van der Waals surface area contributed by atoms with E-state index in [9.17, 15) is 33.6 Å². The molecule has 4 aromatic rings. The highest BCUT2D eigenvalue weighted by atomic mass is 35.5. The van der Waals surface area contributed by atoms with Gasteiger partial charge in [-0.15, -0.1) is 0 Å². The lowest BCUT2D eigenvalue weighted by atomic mass is 9.96. The van der Waals surface area contributed by atoms with Crippen molar-refractivity contribution < 1.29 is 38.2 Å². The number of hydrogen-bond donors (Lipinski definition) is 5. The van der Waals surface area contributed by atoms with E-state index in [0.29, 0.717) is 91.7 Å². The molecule has 5 heterocycles. The molecule has 2 aromatic heterocycles. The van der Waals surface area contributed by atoms with Crippen LogP contribution in [0.4, 0.5) is 23.1 Å². The van der Waals surface area contributed by atoms with E-state index in [2.05, 4.69) is 31.6 Å². The van der Waals surface area contributed by atoms with E-state index >= 15 is 0 Å². The number of rotatable bonds is 15. The number of carbonyl (C=O) groups excluding carboxylic acids is 6. The second kappa shape index (κ2) is 18.2. The Morgan fingerprint density at radius 3 is 2.49 bits per heavy atom. The summed E-state index contributed by atoms with van der Waals surface area (Å²) in [5.41, 5.74) is 1.55. The molecule has 3 aliphatic rings. The van der Waals surface area contributed by atoms with Gasteiger partial charge in [-0.2, -0.15) is 4.98 Å². The van der Waals surface area contributed by atoms with Crippen molar-refractivity contribution in [2.75, 3.05) is 62.5 Å². The van der Waals surface area contributed by atoms with Crippen LogP contribution in [0, 0.1) is 5.92 Å². The number of anilines is 4. The highest BCUT2D eigenvalue weighted by molar-refractivity contribution is 6.33. The van der Waals surface area contributed by atoms with Gasteiger partial charge in [-0.1, -0.05) is 17.7 Å². The smallest absolute Gasteiger partial charge is 0.293 e. The zero-order valence-corrected chi connectivity index (χ0v) is 34.5. The quantitative estimate of drug-likeness (QED) is 0.0854. The zero-order valence-electron chi connectivity index (χ0n) is 33.8. The largest absolute Gasteiger partial charge is 0.494 e. The number of imide groups is 2. The number of amides is 6. The van der Waals surface area contributed by atoms with Crippen LogP contribution in [-0.2, 0) is 26.2 Å². The van der Waals surface area contributed by atoms with Crippen molar-refractivity contribution in [2.24, 2.45) is 13.0 Å². The van der Waals surface area contributed by atoms with Gasteiger partial charge in [-0.3, -0.25) is 43.8 Å². The van der Waals surface area contributed by atoms with Crippen LogP contribution in [0.15, 0.2) is 47.4 Å². The van der Waals surface area contributed by atoms with Crippen LogP contribution in [0.3, 0.4) is 0 Å². The summed E-state index contributed by atoms with van der Waals surface area (Å²) in [6, 6.07) is 8.93. The van der Waals surface area contributed by atoms with Gasteiger partial charge in [0.2, 0.25) is 23.7 Å². The maximum atomic E-state index is 13.3. The number of aromatic nitrogens is 3. The van der Waals surface area contributed by atoms with Gasteiger partial charge < -0.3 is 40.2 Å². The molecule has 0 radical (unpaired) electrons. The van der Waals surface area contributed by atoms with E-state index in [-0.39, 0.29) is 59.1 Å². The number of nitrogens with zero attached hydrogens (tertiary/aromatic N) is 5. The molecule has 0 bridgehead atoms. The van der Waals surface area contributed by atoms with Crippen LogP contribution in [0.1, 0.15) is 59.2 Å². The maximum absolute atomic E-state index is 13.3. The van der Waals surface area contributed by atoms with E-state index in [1.54, 1.807) is 43.4 Å². The number of halogens is 1. The number of aryl methyl sites for hydroxylation is 1. The summed E-state index contributed by atoms with van der Waals surface area (Å²) in [7, 11) is 4.56. The van der Waals surface area contributed by atoms with Crippen molar-refractivity contribution in [1.29, 1.82) is 0 Å². The van der Waals surface area contributed by atoms with Gasteiger partial charge in [-0.25, -0.2) is 4.98 Å². The first-order valence-electron chi connectivity index (χ1n) is 19.8. The lowest BCUT2D eigenvalue weighted by Crippen LogP contribution is -2.54. The van der Waals surface area contributed by atoms with Crippen LogP contribution in [0.2, 0.25) is 5.02 Å². The van der Waals surface area contributed by atoms with Crippen LogP contribution in [0.5, 0.6) is 11.5 Å². The molecular formula is C41H45ClN10O9. The van der Waals surface area contributed by atoms with E-state index < -0.39 is 35.2 Å². The number of piperidine rings is 2. The second-order valence-electron chi connectivity index (χ2n) is 14.8. The summed E-state index contributed by atoms with van der Waals surface area (Å²) in [6.07, 6.45) is 4.16. The molecular weight excluding hydrogens is 812 g/mol. The Hall–Kier alpha value is -6.76. The molecule has 0 spiro atoms. The van der Waals surface area contributed by atoms with Gasteiger partial charge in [0.15, 0.2) is 18.2 Å². The first kappa shape index (κ1) is 42.4. The van der Waals surface area contributed by atoms with Crippen LogP contribution in [-0.4, -0.2) is 108 Å². The number of benzene rings is 2. The Bertz CT molecular complexity index is 2490. The summed E-state index contributed by atoms with van der Waals surface area (Å²) in [5.74, 6) is -1.63. The van der Waals surface area contributed by atoms with Crippen LogP contribution < -0.4 is 46.5 Å². The number of unbranched alkanes of at least 4 members (excludes halogenated alkanes) is 1. The first-order valence-corrected chi connectivity index (χ1v) is 20.2. The van der Waals surface area contributed by atoms with Crippen LogP contribution >= 0.6 is 11.6 Å². The highest BCUT2D eigenvalue weighted by Gasteiger charge is 2.45. The SMILES string of the molecule is CNC(=O)COc1cc2cc(Nc3nc(N4CCC(C(=O)NCCCCNc5cccc6c5C(=O)N(C5CCC(=O)NC5=O)C6=O)CC4)ncc3Cl)cc(OC)c2n(C)c1=O. The molecule has 5 N–H and O–H groups in total. The highest BCUT2D eigenvalue weighted by Crippen LogP contribution is 2.35. The fraction of sp³-hybridized carbons (Fsp3) is 0.390. The number of fused-ring (bicyclic) bond motifs is 2. The lowest BCUT2D eigenvalue weighted by molar-refractivity contribution is -0.136. The Labute approximate surface area is 354 Å². The number of nitrogens with one attached hydrogen (secondary N) is 5. The van der Waals surface area contributed by atoms with Crippen molar-refractivity contribution in [3.63, 3.8) is 0 Å². The van der Waals surface area contributed by atoms with E-state index in [1.165, 1.54) is 24.9 Å². The summed E-state index contributed by atoms with van der Waals surface area (Å²) < 4.78 is 12.5. The topological polar surface area (TPSA) is 235 Å². The van der Waals surface area contributed by atoms with Crippen molar-refractivity contribution in [2.45, 2.75) is 44.6 Å². The Morgan fingerprint density at radius 2 is 1.75 bits per heavy atom. The predicted octanol–water partition coefficient (Wildman–Crippen LogP) is 2.48. The average molecular weight is 857 g/mol. The summed E-state index contributed by atoms with van der Waals surface area (Å²) >= 11 is 6.54. The molecule has 7 rings (SSSR count). The molecule has 0 aliphatic carbocycles. The van der Waals surface area contributed by atoms with Gasteiger partial charge in [-0.05, 0) is 56.4 Å². The van der Waals surface area contributed by atoms with Gasteiger partial charge >= 0.3 is 0 Å². The van der Waals surface area contributed by atoms with Crippen molar-refractivity contribution >= 4 is 81.1 Å². The third-order valence-electron chi connectivity index (χ3n) is 10.9. The fourth-order valence-electron chi connectivity index (χ4n) is 7.68. The minimum atomic E-state index is -1.04.